The summed E-state index contributed by atoms with van der Waals surface area (Å²) in [6.45, 7) is 5.51. The summed E-state index contributed by atoms with van der Waals surface area (Å²) in [6, 6.07) is 15.0. The fourth-order valence-corrected chi connectivity index (χ4v) is 2.75. The van der Waals surface area contributed by atoms with Gasteiger partial charge < -0.3 is 19.2 Å². The molecule has 5 heteroatoms. The quantitative estimate of drug-likeness (QED) is 0.595. The van der Waals surface area contributed by atoms with Crippen LogP contribution in [0.5, 0.6) is 5.75 Å². The van der Waals surface area contributed by atoms with E-state index >= 15 is 0 Å². The number of hydrogen-bond donors (Lipinski definition) is 0. The molecule has 0 N–H and O–H groups in total. The number of ether oxygens (including phenoxy) is 1. The molecule has 0 saturated carbocycles. The SMILES string of the molecule is CC(C)COc1ccccc1Cn1ccc2c(C(=O)[O-])cccc21.[Na+]. The molecule has 3 rings (SSSR count). The van der Waals surface area contributed by atoms with Gasteiger partial charge in [-0.1, -0.05) is 44.2 Å². The Balaban J connectivity index is 0.00000225. The van der Waals surface area contributed by atoms with Gasteiger partial charge in [0.1, 0.15) is 5.75 Å². The first-order chi connectivity index (χ1) is 11.6. The van der Waals surface area contributed by atoms with Crippen LogP contribution in [0.25, 0.3) is 10.9 Å². The van der Waals surface area contributed by atoms with Crippen LogP contribution in [0.2, 0.25) is 0 Å². The van der Waals surface area contributed by atoms with E-state index in [9.17, 15) is 9.90 Å². The Morgan fingerprint density at radius 1 is 1.12 bits per heavy atom. The molecule has 0 atom stereocenters. The summed E-state index contributed by atoms with van der Waals surface area (Å²) in [5, 5.41) is 11.9. The summed E-state index contributed by atoms with van der Waals surface area (Å²) in [5.41, 5.74) is 2.15. The number of rotatable bonds is 6. The molecule has 0 fully saturated rings. The van der Waals surface area contributed by atoms with Gasteiger partial charge in [0.2, 0.25) is 0 Å². The van der Waals surface area contributed by atoms with E-state index in [1.165, 1.54) is 0 Å². The maximum Gasteiger partial charge on any atom is 1.00 e. The minimum Gasteiger partial charge on any atom is -0.545 e. The van der Waals surface area contributed by atoms with Gasteiger partial charge in [-0.05, 0) is 24.1 Å². The largest absolute Gasteiger partial charge is 1.00 e. The van der Waals surface area contributed by atoms with Crippen LogP contribution in [0.15, 0.2) is 54.7 Å². The third kappa shape index (κ3) is 4.46. The zero-order valence-corrected chi connectivity index (χ0v) is 16.9. The van der Waals surface area contributed by atoms with Crippen LogP contribution in [0.3, 0.4) is 0 Å². The van der Waals surface area contributed by atoms with Crippen LogP contribution in [-0.4, -0.2) is 17.1 Å². The molecule has 1 aromatic heterocycles. The number of aromatic nitrogens is 1. The van der Waals surface area contributed by atoms with Gasteiger partial charge in [0, 0.05) is 28.2 Å². The Bertz CT molecular complexity index is 870. The van der Waals surface area contributed by atoms with Crippen molar-refractivity contribution in [2.45, 2.75) is 20.4 Å². The molecule has 0 amide bonds. The number of carboxylic acids is 1. The van der Waals surface area contributed by atoms with Gasteiger partial charge in [-0.15, -0.1) is 0 Å². The fraction of sp³-hybridized carbons (Fsp3) is 0.250. The summed E-state index contributed by atoms with van der Waals surface area (Å²) >= 11 is 0. The standard InChI is InChI=1S/C20H21NO3.Na/c1-14(2)13-24-19-9-4-3-6-15(19)12-21-11-10-16-17(20(22)23)7-5-8-18(16)21;/h3-11,14H,12-13H2,1-2H3,(H,22,23);/q;+1/p-1. The molecule has 0 aliphatic rings. The van der Waals surface area contributed by atoms with Crippen molar-refractivity contribution in [1.29, 1.82) is 0 Å². The number of carboxylic acid groups (broad SMARTS) is 1. The van der Waals surface area contributed by atoms with Crippen molar-refractivity contribution >= 4 is 16.9 Å². The molecule has 0 aliphatic carbocycles. The van der Waals surface area contributed by atoms with Crippen molar-refractivity contribution in [2.75, 3.05) is 6.61 Å². The zero-order chi connectivity index (χ0) is 17.1. The van der Waals surface area contributed by atoms with Gasteiger partial charge in [0.25, 0.3) is 0 Å². The smallest absolute Gasteiger partial charge is 0.545 e. The molecule has 0 spiro atoms. The number of benzene rings is 2. The summed E-state index contributed by atoms with van der Waals surface area (Å²) in [7, 11) is 0. The average molecular weight is 345 g/mol. The van der Waals surface area contributed by atoms with Crippen LogP contribution >= 0.6 is 0 Å². The summed E-state index contributed by atoms with van der Waals surface area (Å²) < 4.78 is 7.93. The molecule has 0 saturated heterocycles. The minimum absolute atomic E-state index is 0. The van der Waals surface area contributed by atoms with Crippen LogP contribution in [0.4, 0.5) is 0 Å². The summed E-state index contributed by atoms with van der Waals surface area (Å²) in [6.07, 6.45) is 1.90. The van der Waals surface area contributed by atoms with Crippen LogP contribution in [-0.2, 0) is 6.54 Å². The van der Waals surface area contributed by atoms with Gasteiger partial charge in [-0.3, -0.25) is 0 Å². The van der Waals surface area contributed by atoms with E-state index in [0.717, 1.165) is 16.8 Å². The zero-order valence-electron chi connectivity index (χ0n) is 14.9. The van der Waals surface area contributed by atoms with Gasteiger partial charge in [-0.2, -0.15) is 0 Å². The first kappa shape index (κ1) is 19.6. The molecule has 124 valence electrons. The van der Waals surface area contributed by atoms with Crippen molar-refractivity contribution in [3.05, 3.63) is 65.9 Å². The van der Waals surface area contributed by atoms with E-state index in [1.54, 1.807) is 12.1 Å². The van der Waals surface area contributed by atoms with Gasteiger partial charge in [0.15, 0.2) is 0 Å². The fourth-order valence-electron chi connectivity index (χ4n) is 2.75. The molecular weight excluding hydrogens is 325 g/mol. The van der Waals surface area contributed by atoms with E-state index in [-0.39, 0.29) is 35.1 Å². The first-order valence-corrected chi connectivity index (χ1v) is 8.06. The van der Waals surface area contributed by atoms with E-state index in [0.29, 0.717) is 24.5 Å². The number of aromatic carboxylic acids is 1. The third-order valence-electron chi connectivity index (χ3n) is 3.92. The topological polar surface area (TPSA) is 54.3 Å². The van der Waals surface area contributed by atoms with E-state index < -0.39 is 5.97 Å². The summed E-state index contributed by atoms with van der Waals surface area (Å²) in [5.74, 6) is 0.166. The number of carbonyl (C=O) groups is 1. The molecule has 0 bridgehead atoms. The second-order valence-electron chi connectivity index (χ2n) is 6.28. The van der Waals surface area contributed by atoms with Crippen molar-refractivity contribution in [1.82, 2.24) is 4.57 Å². The van der Waals surface area contributed by atoms with Gasteiger partial charge >= 0.3 is 29.6 Å². The van der Waals surface area contributed by atoms with Crippen molar-refractivity contribution < 1.29 is 44.2 Å². The maximum atomic E-state index is 11.2. The minimum atomic E-state index is -1.15. The molecule has 25 heavy (non-hydrogen) atoms. The number of hydrogen-bond acceptors (Lipinski definition) is 3. The number of fused-ring (bicyclic) bond motifs is 1. The molecule has 0 unspecified atom stereocenters. The van der Waals surface area contributed by atoms with E-state index in [1.807, 2.05) is 47.2 Å². The van der Waals surface area contributed by atoms with Crippen molar-refractivity contribution in [3.8, 4) is 5.75 Å². The monoisotopic (exact) mass is 345 g/mol. The number of carbonyl (C=O) groups excluding carboxylic acids is 1. The van der Waals surface area contributed by atoms with E-state index in [4.69, 9.17) is 4.74 Å². The first-order valence-electron chi connectivity index (χ1n) is 8.06. The van der Waals surface area contributed by atoms with Crippen molar-refractivity contribution in [3.63, 3.8) is 0 Å². The third-order valence-corrected chi connectivity index (χ3v) is 3.92. The Morgan fingerprint density at radius 3 is 2.60 bits per heavy atom. The Kier molecular flexibility index (Phi) is 6.71. The van der Waals surface area contributed by atoms with Gasteiger partial charge in [0.05, 0.1) is 19.1 Å². The Labute approximate surface area is 169 Å². The second-order valence-corrected chi connectivity index (χ2v) is 6.28. The molecule has 3 aromatic rings. The number of nitrogens with zero attached hydrogens (tertiary/aromatic N) is 1. The van der Waals surface area contributed by atoms with E-state index in [2.05, 4.69) is 13.8 Å². The Hall–Kier alpha value is -1.75. The molecular formula is C20H20NNaO3. The van der Waals surface area contributed by atoms with Crippen molar-refractivity contribution in [2.24, 2.45) is 5.92 Å². The molecule has 1 heterocycles. The van der Waals surface area contributed by atoms with Crippen LogP contribution < -0.4 is 39.4 Å². The molecule has 0 aliphatic heterocycles. The summed E-state index contributed by atoms with van der Waals surface area (Å²) in [4.78, 5) is 11.2. The van der Waals surface area contributed by atoms with Crippen LogP contribution in [0.1, 0.15) is 29.8 Å². The maximum absolute atomic E-state index is 11.2. The predicted molar refractivity (Wildman–Crippen MR) is 92.1 cm³/mol. The van der Waals surface area contributed by atoms with Gasteiger partial charge in [-0.25, -0.2) is 0 Å². The molecule has 4 nitrogen and oxygen atoms in total. The molecule has 2 aromatic carbocycles. The predicted octanol–water partition coefficient (Wildman–Crippen LogP) is 0.0919. The normalized spacial score (nSPS) is 10.7. The Morgan fingerprint density at radius 2 is 1.88 bits per heavy atom. The molecule has 0 radical (unpaired) electrons. The van der Waals surface area contributed by atoms with Crippen LogP contribution in [0, 0.1) is 5.92 Å². The number of para-hydroxylation sites is 1. The second kappa shape index (κ2) is 8.56. The average Bonchev–Trinajstić information content (AvgIpc) is 2.97.